The SMILES string of the molecule is CCOC(=O)CCc1c(C)nc2nc(NCc3c(F)cccc3Cl)[nH]n2c1=O. The van der Waals surface area contributed by atoms with E-state index >= 15 is 0 Å². The number of anilines is 1. The van der Waals surface area contributed by atoms with Crippen molar-refractivity contribution >= 4 is 29.3 Å². The summed E-state index contributed by atoms with van der Waals surface area (Å²) in [5, 5.41) is 5.98. The highest BCUT2D eigenvalue weighted by Crippen LogP contribution is 2.19. The Morgan fingerprint density at radius 3 is 2.86 bits per heavy atom. The molecule has 0 saturated heterocycles. The Labute approximate surface area is 164 Å². The second-order valence-corrected chi connectivity index (χ2v) is 6.45. The van der Waals surface area contributed by atoms with Crippen LogP contribution in [0, 0.1) is 12.7 Å². The van der Waals surface area contributed by atoms with Gasteiger partial charge in [-0.1, -0.05) is 17.7 Å². The topological polar surface area (TPSA) is 101 Å². The zero-order valence-electron chi connectivity index (χ0n) is 15.4. The Morgan fingerprint density at radius 2 is 2.14 bits per heavy atom. The molecule has 0 aliphatic heterocycles. The number of carbonyl (C=O) groups excluding carboxylic acids is 1. The molecule has 2 aromatic heterocycles. The fourth-order valence-corrected chi connectivity index (χ4v) is 2.98. The Balaban J connectivity index is 1.82. The molecule has 28 heavy (non-hydrogen) atoms. The Bertz CT molecular complexity index is 1060. The van der Waals surface area contributed by atoms with Crippen molar-refractivity contribution in [3.05, 3.63) is 56.2 Å². The maximum absolute atomic E-state index is 13.9. The number of esters is 1. The van der Waals surface area contributed by atoms with E-state index < -0.39 is 5.82 Å². The molecule has 1 aromatic carbocycles. The quantitative estimate of drug-likeness (QED) is 0.584. The minimum absolute atomic E-state index is 0.0782. The molecule has 0 radical (unpaired) electrons. The summed E-state index contributed by atoms with van der Waals surface area (Å²) in [6.07, 6.45) is 0.300. The average Bonchev–Trinajstić information content (AvgIpc) is 3.04. The van der Waals surface area contributed by atoms with E-state index in [1.165, 1.54) is 16.6 Å². The fourth-order valence-electron chi connectivity index (χ4n) is 2.76. The van der Waals surface area contributed by atoms with Gasteiger partial charge in [-0.05, 0) is 32.4 Å². The molecule has 2 heterocycles. The lowest BCUT2D eigenvalue weighted by molar-refractivity contribution is -0.143. The highest BCUT2D eigenvalue weighted by molar-refractivity contribution is 6.31. The van der Waals surface area contributed by atoms with Gasteiger partial charge in [0.1, 0.15) is 5.82 Å². The van der Waals surface area contributed by atoms with E-state index in [9.17, 15) is 14.0 Å². The lowest BCUT2D eigenvalue weighted by Gasteiger charge is -2.06. The summed E-state index contributed by atoms with van der Waals surface area (Å²) in [5.41, 5.74) is 0.829. The molecule has 0 atom stereocenters. The lowest BCUT2D eigenvalue weighted by Crippen LogP contribution is -2.23. The molecule has 0 aliphatic carbocycles. The first kappa shape index (κ1) is 19.8. The first-order valence-electron chi connectivity index (χ1n) is 8.71. The van der Waals surface area contributed by atoms with Gasteiger partial charge in [0, 0.05) is 29.1 Å². The third-order valence-corrected chi connectivity index (χ3v) is 4.53. The predicted molar refractivity (Wildman–Crippen MR) is 102 cm³/mol. The molecule has 0 amide bonds. The highest BCUT2D eigenvalue weighted by Gasteiger charge is 2.15. The molecule has 0 spiro atoms. The number of H-pyrrole nitrogens is 1. The number of carbonyl (C=O) groups is 1. The smallest absolute Gasteiger partial charge is 0.306 e. The average molecular weight is 408 g/mol. The van der Waals surface area contributed by atoms with Gasteiger partial charge in [-0.15, -0.1) is 0 Å². The van der Waals surface area contributed by atoms with Crippen LogP contribution in [0.15, 0.2) is 23.0 Å². The van der Waals surface area contributed by atoms with Gasteiger partial charge in [0.15, 0.2) is 0 Å². The number of halogens is 2. The lowest BCUT2D eigenvalue weighted by atomic mass is 10.1. The number of aromatic amines is 1. The van der Waals surface area contributed by atoms with E-state index in [1.54, 1.807) is 19.9 Å². The minimum atomic E-state index is -0.441. The summed E-state index contributed by atoms with van der Waals surface area (Å²) in [6, 6.07) is 4.42. The van der Waals surface area contributed by atoms with Crippen molar-refractivity contribution in [3.8, 4) is 0 Å². The molecule has 2 N–H and O–H groups in total. The maximum Gasteiger partial charge on any atom is 0.306 e. The van der Waals surface area contributed by atoms with Gasteiger partial charge in [0.25, 0.3) is 11.3 Å². The maximum atomic E-state index is 13.9. The van der Waals surface area contributed by atoms with Crippen LogP contribution >= 0.6 is 11.6 Å². The summed E-state index contributed by atoms with van der Waals surface area (Å²) in [7, 11) is 0. The van der Waals surface area contributed by atoms with Crippen LogP contribution in [0.25, 0.3) is 5.78 Å². The van der Waals surface area contributed by atoms with E-state index in [0.29, 0.717) is 11.3 Å². The molecule has 0 bridgehead atoms. The molecule has 3 rings (SSSR count). The molecule has 0 unspecified atom stereocenters. The van der Waals surface area contributed by atoms with Gasteiger partial charge in [0.2, 0.25) is 5.95 Å². The van der Waals surface area contributed by atoms with Crippen LogP contribution in [-0.2, 0) is 22.5 Å². The number of benzene rings is 1. The molecule has 10 heteroatoms. The number of nitrogens with zero attached hydrogens (tertiary/aromatic N) is 3. The zero-order valence-corrected chi connectivity index (χ0v) is 16.1. The van der Waals surface area contributed by atoms with Gasteiger partial charge in [-0.25, -0.2) is 9.37 Å². The second-order valence-electron chi connectivity index (χ2n) is 6.05. The van der Waals surface area contributed by atoms with Crippen LogP contribution in [-0.4, -0.2) is 32.2 Å². The van der Waals surface area contributed by atoms with Crippen molar-refractivity contribution < 1.29 is 13.9 Å². The Morgan fingerprint density at radius 1 is 1.36 bits per heavy atom. The number of hydrogen-bond donors (Lipinski definition) is 2. The fraction of sp³-hybridized carbons (Fsp3) is 0.333. The van der Waals surface area contributed by atoms with Crippen LogP contribution in [0.2, 0.25) is 5.02 Å². The molecular weight excluding hydrogens is 389 g/mol. The van der Waals surface area contributed by atoms with E-state index in [1.807, 2.05) is 0 Å². The van der Waals surface area contributed by atoms with E-state index in [4.69, 9.17) is 16.3 Å². The monoisotopic (exact) mass is 407 g/mol. The van der Waals surface area contributed by atoms with Crippen molar-refractivity contribution in [2.24, 2.45) is 0 Å². The van der Waals surface area contributed by atoms with Crippen LogP contribution in [0.1, 0.15) is 30.2 Å². The largest absolute Gasteiger partial charge is 0.466 e. The van der Waals surface area contributed by atoms with Gasteiger partial charge >= 0.3 is 5.97 Å². The summed E-state index contributed by atoms with van der Waals surface area (Å²) >= 11 is 6.01. The van der Waals surface area contributed by atoms with E-state index in [0.717, 1.165) is 0 Å². The van der Waals surface area contributed by atoms with Crippen LogP contribution in [0.5, 0.6) is 0 Å². The molecular formula is C18H19ClFN5O3. The molecule has 8 nitrogen and oxygen atoms in total. The number of aryl methyl sites for hydroxylation is 1. The second kappa shape index (κ2) is 8.39. The molecule has 148 valence electrons. The van der Waals surface area contributed by atoms with Gasteiger partial charge in [0.05, 0.1) is 12.3 Å². The summed E-state index contributed by atoms with van der Waals surface area (Å²) in [5.74, 6) is -0.404. The predicted octanol–water partition coefficient (Wildman–Crippen LogP) is 2.63. The van der Waals surface area contributed by atoms with Crippen molar-refractivity contribution in [2.45, 2.75) is 33.2 Å². The normalized spacial score (nSPS) is 11.0. The molecule has 3 aromatic rings. The standard InChI is InChI=1S/C18H19ClFN5O3/c1-3-28-15(26)8-7-11-10(2)22-18-23-17(24-25(18)16(11)27)21-9-12-13(19)5-4-6-14(12)20/h4-6H,3,7-9H2,1-2H3,(H2,21,22,23,24). The van der Waals surface area contributed by atoms with Crippen LogP contribution < -0.4 is 10.9 Å². The highest BCUT2D eigenvalue weighted by atomic mass is 35.5. The van der Waals surface area contributed by atoms with Crippen molar-refractivity contribution in [2.75, 3.05) is 11.9 Å². The number of rotatable bonds is 7. The number of fused-ring (bicyclic) bond motifs is 1. The Kier molecular flexibility index (Phi) is 5.93. The molecule has 0 saturated carbocycles. The first-order chi connectivity index (χ1) is 13.4. The van der Waals surface area contributed by atoms with Gasteiger partial charge in [-0.3, -0.25) is 14.7 Å². The third-order valence-electron chi connectivity index (χ3n) is 4.17. The number of aromatic nitrogens is 4. The number of ether oxygens (including phenoxy) is 1. The summed E-state index contributed by atoms with van der Waals surface area (Å²) in [6.45, 7) is 3.77. The van der Waals surface area contributed by atoms with Crippen LogP contribution in [0.4, 0.5) is 10.3 Å². The Hall–Kier alpha value is -2.94. The summed E-state index contributed by atoms with van der Waals surface area (Å²) in [4.78, 5) is 32.8. The van der Waals surface area contributed by atoms with Crippen molar-refractivity contribution in [3.63, 3.8) is 0 Å². The number of hydrogen-bond acceptors (Lipinski definition) is 6. The van der Waals surface area contributed by atoms with Crippen LogP contribution in [0.3, 0.4) is 0 Å². The van der Waals surface area contributed by atoms with Gasteiger partial charge in [-0.2, -0.15) is 9.50 Å². The first-order valence-corrected chi connectivity index (χ1v) is 9.09. The van der Waals surface area contributed by atoms with E-state index in [2.05, 4.69) is 20.4 Å². The third kappa shape index (κ3) is 4.14. The molecule has 0 fully saturated rings. The molecule has 0 aliphatic rings. The van der Waals surface area contributed by atoms with Gasteiger partial charge < -0.3 is 10.1 Å². The van der Waals surface area contributed by atoms with Crippen molar-refractivity contribution in [1.29, 1.82) is 0 Å². The van der Waals surface area contributed by atoms with Crippen molar-refractivity contribution in [1.82, 2.24) is 19.6 Å². The zero-order chi connectivity index (χ0) is 20.3. The number of nitrogens with one attached hydrogen (secondary N) is 2. The van der Waals surface area contributed by atoms with E-state index in [-0.39, 0.29) is 59.8 Å². The summed E-state index contributed by atoms with van der Waals surface area (Å²) < 4.78 is 19.9. The minimum Gasteiger partial charge on any atom is -0.466 e.